The first kappa shape index (κ1) is 99.5. The van der Waals surface area contributed by atoms with E-state index in [4.69, 9.17) is 54.1 Å². The number of nitrogens with one attached hydrogen (secondary N) is 8. The molecule has 2 heterocycles. The highest BCUT2D eigenvalue weighted by Crippen LogP contribution is 2.53. The Morgan fingerprint density at radius 3 is 2.05 bits per heavy atom. The van der Waals surface area contributed by atoms with Crippen molar-refractivity contribution in [2.45, 2.75) is 198 Å². The molecule has 678 valence electrons. The van der Waals surface area contributed by atoms with Crippen LogP contribution >= 0.6 is 0 Å². The summed E-state index contributed by atoms with van der Waals surface area (Å²) >= 11 is 0. The minimum Gasteiger partial charge on any atom is -0.507 e. The van der Waals surface area contributed by atoms with Crippen molar-refractivity contribution in [1.29, 1.82) is 0 Å². The van der Waals surface area contributed by atoms with Crippen molar-refractivity contribution in [1.82, 2.24) is 42.8 Å². The molecule has 0 saturated carbocycles. The number of hydrogen-bond acceptors (Lipinski definition) is 33. The number of carbonyl (C=O) groups is 14. The van der Waals surface area contributed by atoms with Gasteiger partial charge in [0.2, 0.25) is 52.8 Å². The fraction of sp³-hybridized carbons (Fsp3) is 0.537. The Kier molecular flexibility index (Phi) is 37.1. The maximum Gasteiger partial charge on any atom is 0.405 e. The van der Waals surface area contributed by atoms with Crippen LogP contribution in [0.1, 0.15) is 162 Å². The molecule has 42 heteroatoms. The monoisotopic (exact) mass is 1740 g/mol. The quantitative estimate of drug-likeness (QED) is 0.00630. The van der Waals surface area contributed by atoms with Crippen LogP contribution in [0.5, 0.6) is 17.2 Å². The normalized spacial score (nSPS) is 25.1. The number of carboxylic acids is 1. The molecule has 0 spiro atoms. The lowest BCUT2D eigenvalue weighted by Crippen LogP contribution is -2.58. The SMILES string of the molecule is COCCOCCCNC(=O)C(CC(=O)N/N=C(/CO)[C@]1(O)Cc2c(O)c3c(c(O)c2[C@@H](O[C@H]2C[C@@H](N)[C@H](O)C(C)O2)C1)C(=O)c1c(OC)cccc1C3=O)NC(=O)C(CC(=O)O)NC(=O)C(CC(=O)N/N=C(/C)CCC(=O)OCCNC1=C2CC(C)CC(OC)C(O)C(C)/C=C(\C)C(OC(N)=O)C(OC)/C=C\C=C(/C)C(=O)NC(=CC1=O)C2=O)NC(C)=O. The van der Waals surface area contributed by atoms with Crippen molar-refractivity contribution in [3.05, 3.63) is 110 Å². The van der Waals surface area contributed by atoms with Crippen LogP contribution in [0, 0.1) is 11.8 Å². The highest BCUT2D eigenvalue weighted by atomic mass is 16.7. The predicted octanol–water partition coefficient (Wildman–Crippen LogP) is -1.02. The van der Waals surface area contributed by atoms with Gasteiger partial charge in [0.15, 0.2) is 18.2 Å². The predicted molar refractivity (Wildman–Crippen MR) is 435 cm³/mol. The van der Waals surface area contributed by atoms with E-state index in [1.165, 1.54) is 85.6 Å². The number of carbonyl (C=O) groups excluding carboxylic acids is 13. The van der Waals surface area contributed by atoms with Crippen molar-refractivity contribution >= 4 is 93.9 Å². The van der Waals surface area contributed by atoms with Gasteiger partial charge in [0.1, 0.15) is 53.7 Å². The topological polar surface area (TPSA) is 637 Å². The van der Waals surface area contributed by atoms with Gasteiger partial charge in [-0.2, -0.15) is 10.2 Å². The number of fused-ring (bicyclic) bond motifs is 5. The summed E-state index contributed by atoms with van der Waals surface area (Å²) in [6.45, 7) is 9.05. The van der Waals surface area contributed by atoms with Crippen LogP contribution in [0.25, 0.3) is 0 Å². The molecule has 5 aliphatic rings. The number of aliphatic hydroxyl groups is 4. The largest absolute Gasteiger partial charge is 0.507 e. The molecule has 124 heavy (non-hydrogen) atoms. The van der Waals surface area contributed by atoms with E-state index in [0.717, 1.165) is 13.0 Å². The number of hydrogen-bond donors (Lipinski definition) is 17. The van der Waals surface area contributed by atoms with Crippen molar-refractivity contribution in [2.75, 3.05) is 74.6 Å². The summed E-state index contributed by atoms with van der Waals surface area (Å²) in [7, 11) is 5.45. The van der Waals surface area contributed by atoms with Crippen molar-refractivity contribution in [2.24, 2.45) is 33.5 Å². The maximum absolute atomic E-state index is 14.3. The van der Waals surface area contributed by atoms with Gasteiger partial charge in [-0.05, 0) is 70.9 Å². The van der Waals surface area contributed by atoms with E-state index in [1.807, 2.05) is 0 Å². The van der Waals surface area contributed by atoms with Gasteiger partial charge in [0, 0.05) is 119 Å². The second-order valence-electron chi connectivity index (χ2n) is 30.4. The first-order valence-corrected chi connectivity index (χ1v) is 39.8. The number of ketones is 4. The minimum atomic E-state index is -2.53. The van der Waals surface area contributed by atoms with E-state index < -0.39 is 240 Å². The van der Waals surface area contributed by atoms with Crippen LogP contribution in [-0.2, 0) is 97.1 Å². The molecular weight excluding hydrogens is 1630 g/mol. The van der Waals surface area contributed by atoms with Crippen molar-refractivity contribution in [3.8, 4) is 17.2 Å². The molecular formula is C82H110N12O30. The molecule has 3 aliphatic carbocycles. The summed E-state index contributed by atoms with van der Waals surface area (Å²) in [6.07, 6.45) is -8.26. The third-order valence-corrected chi connectivity index (χ3v) is 21.0. The number of nitrogens with zero attached hydrogens (tertiary/aromatic N) is 2. The number of ether oxygens (including phenoxy) is 9. The highest BCUT2D eigenvalue weighted by Gasteiger charge is 2.50. The second-order valence-corrected chi connectivity index (χ2v) is 30.4. The van der Waals surface area contributed by atoms with E-state index in [9.17, 15) is 103 Å². The Labute approximate surface area is 712 Å². The summed E-state index contributed by atoms with van der Waals surface area (Å²) in [5.74, 6) is -16.3. The zero-order chi connectivity index (χ0) is 91.7. The molecule has 2 bridgehead atoms. The van der Waals surface area contributed by atoms with Gasteiger partial charge in [-0.3, -0.25) is 62.3 Å². The zero-order valence-corrected chi connectivity index (χ0v) is 70.5. The summed E-state index contributed by atoms with van der Waals surface area (Å²) in [5.41, 5.74) is 10.5. The smallest absolute Gasteiger partial charge is 0.405 e. The van der Waals surface area contributed by atoms with Gasteiger partial charge in [0.05, 0.1) is 117 Å². The Balaban J connectivity index is 1.01. The molecule has 7 rings (SSSR count). The van der Waals surface area contributed by atoms with Gasteiger partial charge in [-0.15, -0.1) is 0 Å². The van der Waals surface area contributed by atoms with Gasteiger partial charge < -0.3 is 122 Å². The number of rotatable bonds is 36. The number of benzene rings is 2. The van der Waals surface area contributed by atoms with E-state index >= 15 is 0 Å². The Hall–Kier alpha value is -11.6. The van der Waals surface area contributed by atoms with E-state index in [2.05, 4.69) is 53.0 Å². The lowest BCUT2D eigenvalue weighted by atomic mass is 9.71. The fourth-order valence-electron chi connectivity index (χ4n) is 14.5. The molecule has 10 unspecified atom stereocenters. The average molecular weight is 1740 g/mol. The Morgan fingerprint density at radius 1 is 0.766 bits per heavy atom. The van der Waals surface area contributed by atoms with Gasteiger partial charge >= 0.3 is 18.0 Å². The molecule has 0 radical (unpaired) electrons. The third kappa shape index (κ3) is 26.5. The Bertz CT molecular complexity index is 4580. The molecule has 2 aliphatic heterocycles. The maximum atomic E-state index is 14.3. The number of aliphatic carboxylic acids is 1. The van der Waals surface area contributed by atoms with Crippen molar-refractivity contribution in [3.63, 3.8) is 0 Å². The zero-order valence-electron chi connectivity index (χ0n) is 70.5. The molecule has 19 N–H and O–H groups in total. The average Bonchev–Trinajstić information content (AvgIpc) is 0.708. The number of Topliss-reactive ketones (excluding diaryl/α,β-unsaturated/α-hetero) is 1. The van der Waals surface area contributed by atoms with Crippen molar-refractivity contribution < 1.29 is 146 Å². The van der Waals surface area contributed by atoms with E-state index in [0.29, 0.717) is 5.57 Å². The number of carboxylic acid groups (broad SMARTS) is 1. The van der Waals surface area contributed by atoms with Crippen LogP contribution in [0.4, 0.5) is 4.79 Å². The third-order valence-electron chi connectivity index (χ3n) is 21.0. The number of aliphatic hydroxyl groups excluding tert-OH is 3. The van der Waals surface area contributed by atoms with Crippen LogP contribution in [0.2, 0.25) is 0 Å². The molecule has 2 aromatic carbocycles. The second kappa shape index (κ2) is 46.2. The van der Waals surface area contributed by atoms with E-state index in [1.54, 1.807) is 26.8 Å². The molecule has 0 aromatic heterocycles. The first-order chi connectivity index (χ1) is 58.7. The summed E-state index contributed by atoms with van der Waals surface area (Å²) < 4.78 is 50.1. The lowest BCUT2D eigenvalue weighted by Gasteiger charge is -2.43. The highest BCUT2D eigenvalue weighted by molar-refractivity contribution is 6.31. The lowest BCUT2D eigenvalue weighted by molar-refractivity contribution is -0.245. The number of aromatic hydroxyl groups is 2. The number of hydrazone groups is 2. The molecule has 42 nitrogen and oxygen atoms in total. The molecule has 15 atom stereocenters. The number of methoxy groups -OCH3 is 4. The summed E-state index contributed by atoms with van der Waals surface area (Å²) in [4.78, 5) is 190. The summed E-state index contributed by atoms with van der Waals surface area (Å²) in [5, 5.41) is 103. The van der Waals surface area contributed by atoms with Crippen LogP contribution in [0.3, 0.4) is 0 Å². The number of allylic oxidation sites excluding steroid dienone is 4. The minimum absolute atomic E-state index is 0.0298. The van der Waals surface area contributed by atoms with E-state index in [-0.39, 0.29) is 134 Å². The van der Waals surface area contributed by atoms with Gasteiger partial charge in [-0.25, -0.2) is 15.6 Å². The van der Waals surface area contributed by atoms with Crippen LogP contribution in [0.15, 0.2) is 86.9 Å². The number of primary amides is 1. The number of esters is 1. The number of nitrogens with two attached hydrogens (primary N) is 2. The molecule has 8 amide bonds. The number of phenols is 2. The van der Waals surface area contributed by atoms with Gasteiger partial charge in [-0.1, -0.05) is 50.3 Å². The standard InChI is InChI=1S/C82H110N12O30/c1-38-27-46-68(53(97)31-49(71(46)105)88-77(110)39(2)15-12-18-55(118-10)76(124-81(84)114)41(4)29-40(3)69(103)56(28-38)119-11)85-22-24-121-62(102)20-19-42(5)91-93-59(98)33-51(87-44(7)96)79(112)90-52(34-61(100)101)80(113)89-50(78(111)86-21-14-23-120-26-25-116-8)32-60(99)94-92-58(37-95)82(115)35-47-65(57(36-82)123-63-30-48(83)70(104)43(6)122-63)75(109)67-66(73(47)107)72(106)45-16-13-17-54(117-9)64(45)74(67)108/h12-13,15-18,29,31,38,40,43,48,50-52,55-57,63,69-70,76,85,95,103-104,107,109,115H,14,19-28,30,32-37,83H2,1-11H3,(H2,84,114)(H,86,111)(H,87,96)(H,88,110)(H,89,113)(H,90,112)(H,93,98)(H,94,99)(H,100,101)/b18-12-,39-15+,41-29+,91-42-,92-58-/t38?,40?,43?,48-,50?,51?,52?,55?,56?,57+,63+,69?,70-,76?,82+/m1/s1. The fourth-order valence-corrected chi connectivity index (χ4v) is 14.5. The molecule has 2 aromatic rings. The van der Waals surface area contributed by atoms with Crippen LogP contribution < -0.4 is 59.0 Å². The molecule has 1 fully saturated rings. The molecule has 1 saturated heterocycles. The summed E-state index contributed by atoms with van der Waals surface area (Å²) in [6, 6.07) is -2.79. The number of amides is 8. The van der Waals surface area contributed by atoms with Gasteiger partial charge in [0.25, 0.3) is 5.91 Å². The Morgan fingerprint density at radius 2 is 1.43 bits per heavy atom. The number of phenolic OH excluding ortho intramolecular Hbond substituents is 2. The van der Waals surface area contributed by atoms with Crippen LogP contribution in [-0.4, -0.2) is 277 Å². The first-order valence-electron chi connectivity index (χ1n) is 39.8.